The second-order valence-corrected chi connectivity index (χ2v) is 6.71. The number of ether oxygens (including phenoxy) is 1. The summed E-state index contributed by atoms with van der Waals surface area (Å²) in [7, 11) is 4.25. The minimum absolute atomic E-state index is 0.112. The third kappa shape index (κ3) is 4.84. The van der Waals surface area contributed by atoms with E-state index in [1.807, 2.05) is 0 Å². The van der Waals surface area contributed by atoms with Crippen LogP contribution in [0.5, 0.6) is 0 Å². The Morgan fingerprint density at radius 3 is 2.44 bits per heavy atom. The molecule has 2 N–H and O–H groups in total. The van der Waals surface area contributed by atoms with E-state index in [1.165, 1.54) is 0 Å². The summed E-state index contributed by atoms with van der Waals surface area (Å²) in [5, 5.41) is 0. The molecule has 1 aliphatic rings. The van der Waals surface area contributed by atoms with Crippen molar-refractivity contribution in [3.05, 3.63) is 0 Å². The highest BCUT2D eigenvalue weighted by Crippen LogP contribution is 2.28. The minimum atomic E-state index is 0.112. The number of rotatable bonds is 7. The van der Waals surface area contributed by atoms with Gasteiger partial charge in [0, 0.05) is 37.6 Å². The molecule has 0 radical (unpaired) electrons. The van der Waals surface area contributed by atoms with Gasteiger partial charge < -0.3 is 20.3 Å². The Morgan fingerprint density at radius 2 is 2.00 bits per heavy atom. The van der Waals surface area contributed by atoms with Crippen LogP contribution in [0.15, 0.2) is 0 Å². The normalized spacial score (nSPS) is 28.8. The van der Waals surface area contributed by atoms with E-state index in [2.05, 4.69) is 44.7 Å². The Morgan fingerprint density at radius 1 is 1.33 bits per heavy atom. The molecule has 0 amide bonds. The zero-order valence-corrected chi connectivity index (χ0v) is 12.8. The first kappa shape index (κ1) is 15.9. The topological polar surface area (TPSA) is 41.7 Å². The van der Waals surface area contributed by atoms with E-state index >= 15 is 0 Å². The fourth-order valence-corrected chi connectivity index (χ4v) is 2.49. The van der Waals surface area contributed by atoms with Gasteiger partial charge in [-0.3, -0.25) is 0 Å². The standard InChI is InChI=1S/C14H31N3O/c1-12(2)8-17(7-6-16(4)5)10-14(3)11-18-9-13(14)15/h12-13H,6-11,15H2,1-5H3. The number of nitrogens with two attached hydrogens (primary N) is 1. The van der Waals surface area contributed by atoms with E-state index in [0.29, 0.717) is 12.5 Å². The lowest BCUT2D eigenvalue weighted by Gasteiger charge is -2.35. The summed E-state index contributed by atoms with van der Waals surface area (Å²) in [6.07, 6.45) is 0. The van der Waals surface area contributed by atoms with Crippen LogP contribution in [0, 0.1) is 11.3 Å². The SMILES string of the molecule is CC(C)CN(CCN(C)C)CC1(C)COCC1N. The summed E-state index contributed by atoms with van der Waals surface area (Å²) in [6.45, 7) is 12.7. The molecule has 1 fully saturated rings. The molecule has 0 aromatic carbocycles. The monoisotopic (exact) mass is 257 g/mol. The van der Waals surface area contributed by atoms with Gasteiger partial charge in [-0.25, -0.2) is 0 Å². The van der Waals surface area contributed by atoms with E-state index in [1.54, 1.807) is 0 Å². The van der Waals surface area contributed by atoms with Crippen LogP contribution >= 0.6 is 0 Å². The van der Waals surface area contributed by atoms with Crippen LogP contribution in [-0.2, 0) is 4.74 Å². The fraction of sp³-hybridized carbons (Fsp3) is 1.00. The highest BCUT2D eigenvalue weighted by molar-refractivity contribution is 4.92. The second kappa shape index (κ2) is 6.85. The molecule has 4 nitrogen and oxygen atoms in total. The van der Waals surface area contributed by atoms with Crippen LogP contribution in [0.4, 0.5) is 0 Å². The summed E-state index contributed by atoms with van der Waals surface area (Å²) >= 11 is 0. The Balaban J connectivity index is 2.54. The molecule has 1 heterocycles. The molecule has 0 saturated carbocycles. The van der Waals surface area contributed by atoms with Crippen molar-refractivity contribution in [3.8, 4) is 0 Å². The summed E-state index contributed by atoms with van der Waals surface area (Å²) in [6, 6.07) is 0.173. The van der Waals surface area contributed by atoms with Crippen LogP contribution in [0.1, 0.15) is 20.8 Å². The Labute approximate surface area is 112 Å². The largest absolute Gasteiger partial charge is 0.379 e. The molecular weight excluding hydrogens is 226 g/mol. The molecule has 1 rings (SSSR count). The van der Waals surface area contributed by atoms with Gasteiger partial charge in [0.1, 0.15) is 0 Å². The molecule has 2 unspecified atom stereocenters. The van der Waals surface area contributed by atoms with Gasteiger partial charge in [-0.1, -0.05) is 20.8 Å². The first-order valence-corrected chi connectivity index (χ1v) is 7.04. The average Bonchev–Trinajstić information content (AvgIpc) is 2.55. The van der Waals surface area contributed by atoms with Gasteiger partial charge >= 0.3 is 0 Å². The van der Waals surface area contributed by atoms with Crippen molar-refractivity contribution in [2.45, 2.75) is 26.8 Å². The van der Waals surface area contributed by atoms with E-state index in [4.69, 9.17) is 10.5 Å². The summed E-state index contributed by atoms with van der Waals surface area (Å²) < 4.78 is 5.54. The predicted molar refractivity (Wildman–Crippen MR) is 76.7 cm³/mol. The lowest BCUT2D eigenvalue weighted by molar-refractivity contribution is 0.107. The lowest BCUT2D eigenvalue weighted by atomic mass is 9.85. The van der Waals surface area contributed by atoms with Crippen LogP contribution < -0.4 is 5.73 Å². The van der Waals surface area contributed by atoms with E-state index < -0.39 is 0 Å². The molecule has 4 heteroatoms. The zero-order chi connectivity index (χ0) is 13.8. The molecule has 108 valence electrons. The number of hydrogen-bond donors (Lipinski definition) is 1. The fourth-order valence-electron chi connectivity index (χ4n) is 2.49. The van der Waals surface area contributed by atoms with Crippen LogP contribution in [0.25, 0.3) is 0 Å². The quantitative estimate of drug-likeness (QED) is 0.735. The lowest BCUT2D eigenvalue weighted by Crippen LogP contribution is -2.48. The maximum Gasteiger partial charge on any atom is 0.0624 e. The summed E-state index contributed by atoms with van der Waals surface area (Å²) in [4.78, 5) is 4.78. The second-order valence-electron chi connectivity index (χ2n) is 6.71. The molecular formula is C14H31N3O. The van der Waals surface area contributed by atoms with Gasteiger partial charge in [-0.2, -0.15) is 0 Å². The van der Waals surface area contributed by atoms with Crippen LogP contribution in [0.2, 0.25) is 0 Å². The Kier molecular flexibility index (Phi) is 6.05. The van der Waals surface area contributed by atoms with E-state index in [9.17, 15) is 0 Å². The van der Waals surface area contributed by atoms with Crippen molar-refractivity contribution in [3.63, 3.8) is 0 Å². The van der Waals surface area contributed by atoms with Gasteiger partial charge in [0.15, 0.2) is 0 Å². The first-order chi connectivity index (χ1) is 8.33. The molecule has 0 aliphatic carbocycles. The van der Waals surface area contributed by atoms with Crippen LogP contribution in [0.3, 0.4) is 0 Å². The van der Waals surface area contributed by atoms with E-state index in [0.717, 1.165) is 32.8 Å². The highest BCUT2D eigenvalue weighted by Gasteiger charge is 2.38. The molecule has 1 aliphatic heterocycles. The van der Waals surface area contributed by atoms with Gasteiger partial charge in [0.05, 0.1) is 13.2 Å². The van der Waals surface area contributed by atoms with E-state index in [-0.39, 0.29) is 11.5 Å². The molecule has 0 aromatic rings. The third-order valence-corrected chi connectivity index (χ3v) is 3.70. The van der Waals surface area contributed by atoms with Crippen molar-refractivity contribution in [1.29, 1.82) is 0 Å². The first-order valence-electron chi connectivity index (χ1n) is 7.04. The van der Waals surface area contributed by atoms with Crippen molar-refractivity contribution < 1.29 is 4.74 Å². The van der Waals surface area contributed by atoms with Gasteiger partial charge in [0.2, 0.25) is 0 Å². The van der Waals surface area contributed by atoms with Crippen molar-refractivity contribution >= 4 is 0 Å². The number of likely N-dealkylation sites (N-methyl/N-ethyl adjacent to an activating group) is 1. The number of hydrogen-bond acceptors (Lipinski definition) is 4. The van der Waals surface area contributed by atoms with Crippen LogP contribution in [-0.4, -0.2) is 69.3 Å². The molecule has 1 saturated heterocycles. The maximum absolute atomic E-state index is 6.19. The molecule has 2 atom stereocenters. The number of nitrogens with zero attached hydrogens (tertiary/aromatic N) is 2. The predicted octanol–water partition coefficient (Wildman–Crippen LogP) is 0.870. The zero-order valence-electron chi connectivity index (χ0n) is 12.8. The maximum atomic E-state index is 6.19. The van der Waals surface area contributed by atoms with Gasteiger partial charge in [-0.15, -0.1) is 0 Å². The smallest absolute Gasteiger partial charge is 0.0624 e. The Bertz CT molecular complexity index is 245. The van der Waals surface area contributed by atoms with Crippen molar-refractivity contribution in [1.82, 2.24) is 9.80 Å². The third-order valence-electron chi connectivity index (χ3n) is 3.70. The average molecular weight is 257 g/mol. The molecule has 18 heavy (non-hydrogen) atoms. The minimum Gasteiger partial charge on any atom is -0.379 e. The molecule has 0 bridgehead atoms. The molecule has 0 aromatic heterocycles. The van der Waals surface area contributed by atoms with Gasteiger partial charge in [0.25, 0.3) is 0 Å². The highest BCUT2D eigenvalue weighted by atomic mass is 16.5. The summed E-state index contributed by atoms with van der Waals surface area (Å²) in [5.74, 6) is 0.689. The molecule has 0 spiro atoms. The summed E-state index contributed by atoms with van der Waals surface area (Å²) in [5.41, 5.74) is 6.30. The van der Waals surface area contributed by atoms with Crippen molar-refractivity contribution in [2.75, 3.05) is 53.5 Å². The Hall–Kier alpha value is -0.160. The van der Waals surface area contributed by atoms with Gasteiger partial charge in [-0.05, 0) is 20.0 Å². The van der Waals surface area contributed by atoms with Crippen molar-refractivity contribution in [2.24, 2.45) is 17.1 Å².